The van der Waals surface area contributed by atoms with Gasteiger partial charge in [0.2, 0.25) is 0 Å². The maximum atomic E-state index is 13.1. The van der Waals surface area contributed by atoms with Crippen LogP contribution in [0.25, 0.3) is 0 Å². The Balaban J connectivity index is 1.52. The second kappa shape index (κ2) is 10.0. The fraction of sp³-hybridized carbons (Fsp3) is 0.240. The summed E-state index contributed by atoms with van der Waals surface area (Å²) in [4.78, 5) is 14.9. The number of rotatable bonds is 6. The summed E-state index contributed by atoms with van der Waals surface area (Å²) in [6.45, 7) is 6.77. The fourth-order valence-electron chi connectivity index (χ4n) is 3.69. The van der Waals surface area contributed by atoms with Crippen molar-refractivity contribution in [2.45, 2.75) is 18.7 Å². The molecule has 34 heavy (non-hydrogen) atoms. The highest BCUT2D eigenvalue weighted by molar-refractivity contribution is 7.92. The van der Waals surface area contributed by atoms with Crippen LogP contribution in [0.2, 0.25) is 5.02 Å². The molecular formula is C25H26ClN3O4S. The number of ether oxygens (including phenoxy) is 1. The van der Waals surface area contributed by atoms with Gasteiger partial charge in [-0.05, 0) is 73.5 Å². The van der Waals surface area contributed by atoms with E-state index >= 15 is 0 Å². The Morgan fingerprint density at radius 1 is 1.00 bits per heavy atom. The highest BCUT2D eigenvalue weighted by Crippen LogP contribution is 2.28. The summed E-state index contributed by atoms with van der Waals surface area (Å²) in [6.07, 6.45) is 0. The predicted octanol–water partition coefficient (Wildman–Crippen LogP) is 4.85. The number of hydrogen-bond donors (Lipinski definition) is 2. The molecule has 178 valence electrons. The van der Waals surface area contributed by atoms with Gasteiger partial charge in [-0.2, -0.15) is 0 Å². The van der Waals surface area contributed by atoms with E-state index in [4.69, 9.17) is 16.3 Å². The Morgan fingerprint density at radius 2 is 1.71 bits per heavy atom. The lowest BCUT2D eigenvalue weighted by Gasteiger charge is -2.28. The number of halogens is 1. The van der Waals surface area contributed by atoms with Crippen LogP contribution in [0.1, 0.15) is 21.5 Å². The molecule has 0 bridgehead atoms. The van der Waals surface area contributed by atoms with Crippen LogP contribution in [-0.4, -0.2) is 40.6 Å². The lowest BCUT2D eigenvalue weighted by Crippen LogP contribution is -2.36. The van der Waals surface area contributed by atoms with Crippen molar-refractivity contribution in [1.82, 2.24) is 0 Å². The summed E-state index contributed by atoms with van der Waals surface area (Å²) < 4.78 is 34.1. The highest BCUT2D eigenvalue weighted by atomic mass is 35.5. The van der Waals surface area contributed by atoms with Crippen molar-refractivity contribution in [3.05, 3.63) is 82.4 Å². The van der Waals surface area contributed by atoms with Gasteiger partial charge in [0.1, 0.15) is 4.90 Å². The molecule has 0 radical (unpaired) electrons. The van der Waals surface area contributed by atoms with E-state index in [0.29, 0.717) is 24.6 Å². The topological polar surface area (TPSA) is 87.7 Å². The summed E-state index contributed by atoms with van der Waals surface area (Å²) >= 11 is 6.21. The molecule has 1 aliphatic rings. The van der Waals surface area contributed by atoms with E-state index in [1.165, 1.54) is 18.2 Å². The van der Waals surface area contributed by atoms with Crippen molar-refractivity contribution < 1.29 is 17.9 Å². The van der Waals surface area contributed by atoms with Gasteiger partial charge in [0.05, 0.1) is 23.9 Å². The zero-order valence-corrected chi connectivity index (χ0v) is 20.5. The number of carbonyl (C=O) groups is 1. The Bertz CT molecular complexity index is 1300. The number of amides is 1. The van der Waals surface area contributed by atoms with Crippen molar-refractivity contribution in [3.63, 3.8) is 0 Å². The van der Waals surface area contributed by atoms with Gasteiger partial charge in [-0.15, -0.1) is 0 Å². The number of morpholine rings is 1. The third-order valence-electron chi connectivity index (χ3n) is 5.83. The zero-order valence-electron chi connectivity index (χ0n) is 19.0. The van der Waals surface area contributed by atoms with E-state index in [9.17, 15) is 13.2 Å². The molecule has 7 nitrogen and oxygen atoms in total. The van der Waals surface area contributed by atoms with Crippen LogP contribution < -0.4 is 14.9 Å². The molecule has 3 aromatic rings. The molecule has 0 unspecified atom stereocenters. The van der Waals surface area contributed by atoms with Crippen molar-refractivity contribution in [3.8, 4) is 0 Å². The molecule has 9 heteroatoms. The highest BCUT2D eigenvalue weighted by Gasteiger charge is 2.21. The third-order valence-corrected chi connectivity index (χ3v) is 7.68. The molecule has 1 saturated heterocycles. The monoisotopic (exact) mass is 499 g/mol. The summed E-state index contributed by atoms with van der Waals surface area (Å²) in [7, 11) is -4.01. The molecule has 1 aliphatic heterocycles. The standard InChI is InChI=1S/C25H26ClN3O4S/c1-17-4-3-5-23(18(17)2)28-34(31,32)24-16-19(6-11-22(24)26)25(30)27-20-7-9-21(10-8-20)29-12-14-33-15-13-29/h3-11,16,28H,12-15H2,1-2H3,(H,27,30). The van der Waals surface area contributed by atoms with Crippen LogP contribution in [0, 0.1) is 13.8 Å². The SMILES string of the molecule is Cc1cccc(NS(=O)(=O)c2cc(C(=O)Nc3ccc(N4CCOCC4)cc3)ccc2Cl)c1C. The first-order valence-corrected chi connectivity index (χ1v) is 12.7. The van der Waals surface area contributed by atoms with E-state index in [1.807, 2.05) is 44.2 Å². The number of sulfonamides is 1. The van der Waals surface area contributed by atoms with E-state index in [1.54, 1.807) is 12.1 Å². The number of nitrogens with one attached hydrogen (secondary N) is 2. The first-order chi connectivity index (χ1) is 16.2. The third kappa shape index (κ3) is 5.35. The quantitative estimate of drug-likeness (QED) is 0.506. The number of carbonyl (C=O) groups excluding carboxylic acids is 1. The lowest BCUT2D eigenvalue weighted by atomic mass is 10.1. The summed E-state index contributed by atoms with van der Waals surface area (Å²) in [6, 6.07) is 17.1. The van der Waals surface area contributed by atoms with E-state index in [0.717, 1.165) is 29.9 Å². The van der Waals surface area contributed by atoms with Gasteiger partial charge in [-0.25, -0.2) is 8.42 Å². The Kier molecular flexibility index (Phi) is 7.11. The Morgan fingerprint density at radius 3 is 2.41 bits per heavy atom. The van der Waals surface area contributed by atoms with Gasteiger partial charge in [-0.1, -0.05) is 23.7 Å². The predicted molar refractivity (Wildman–Crippen MR) is 136 cm³/mol. The van der Waals surface area contributed by atoms with Crippen LogP contribution in [0.3, 0.4) is 0 Å². The van der Waals surface area contributed by atoms with Crippen molar-refractivity contribution >= 4 is 44.6 Å². The maximum Gasteiger partial charge on any atom is 0.263 e. The molecule has 3 aromatic carbocycles. The molecular weight excluding hydrogens is 474 g/mol. The maximum absolute atomic E-state index is 13.1. The summed E-state index contributed by atoms with van der Waals surface area (Å²) in [5, 5.41) is 2.84. The largest absolute Gasteiger partial charge is 0.378 e. The molecule has 0 saturated carbocycles. The van der Waals surface area contributed by atoms with E-state index < -0.39 is 15.9 Å². The number of nitrogens with zero attached hydrogens (tertiary/aromatic N) is 1. The van der Waals surface area contributed by atoms with Gasteiger partial charge in [0, 0.05) is 30.0 Å². The average Bonchev–Trinajstić information content (AvgIpc) is 2.83. The minimum absolute atomic E-state index is 0.0317. The molecule has 1 amide bonds. The fourth-order valence-corrected chi connectivity index (χ4v) is 5.34. The molecule has 4 rings (SSSR count). The summed E-state index contributed by atoms with van der Waals surface area (Å²) in [5.74, 6) is -0.432. The van der Waals surface area contributed by atoms with Gasteiger partial charge < -0.3 is 15.0 Å². The Hall–Kier alpha value is -3.07. The molecule has 2 N–H and O–H groups in total. The van der Waals surface area contributed by atoms with Crippen molar-refractivity contribution in [2.75, 3.05) is 41.2 Å². The molecule has 0 atom stereocenters. The van der Waals surface area contributed by atoms with Gasteiger partial charge in [0.15, 0.2) is 0 Å². The zero-order chi connectivity index (χ0) is 24.3. The van der Waals surface area contributed by atoms with Gasteiger partial charge in [0.25, 0.3) is 15.9 Å². The molecule has 1 fully saturated rings. The minimum Gasteiger partial charge on any atom is -0.378 e. The normalized spacial score (nSPS) is 14.0. The molecule has 1 heterocycles. The van der Waals surface area contributed by atoms with Crippen molar-refractivity contribution in [1.29, 1.82) is 0 Å². The second-order valence-corrected chi connectivity index (χ2v) is 10.2. The van der Waals surface area contributed by atoms with Gasteiger partial charge >= 0.3 is 0 Å². The first kappa shape index (κ1) is 24.1. The number of anilines is 3. The average molecular weight is 500 g/mol. The minimum atomic E-state index is -4.01. The molecule has 0 aliphatic carbocycles. The van der Waals surface area contributed by atoms with Crippen LogP contribution in [0.4, 0.5) is 17.1 Å². The van der Waals surface area contributed by atoms with Crippen LogP contribution >= 0.6 is 11.6 Å². The molecule has 0 spiro atoms. The molecule has 0 aromatic heterocycles. The van der Waals surface area contributed by atoms with Crippen molar-refractivity contribution in [2.24, 2.45) is 0 Å². The van der Waals surface area contributed by atoms with E-state index in [-0.39, 0.29) is 15.5 Å². The smallest absolute Gasteiger partial charge is 0.263 e. The number of benzene rings is 3. The van der Waals surface area contributed by atoms with E-state index in [2.05, 4.69) is 14.9 Å². The number of hydrogen-bond acceptors (Lipinski definition) is 5. The van der Waals surface area contributed by atoms with Gasteiger partial charge in [-0.3, -0.25) is 9.52 Å². The second-order valence-electron chi connectivity index (χ2n) is 8.10. The first-order valence-electron chi connectivity index (χ1n) is 10.9. The van der Waals surface area contributed by atoms with Crippen LogP contribution in [0.5, 0.6) is 0 Å². The summed E-state index contributed by atoms with van der Waals surface area (Å²) in [5.41, 5.74) is 4.08. The van der Waals surface area contributed by atoms with Crippen LogP contribution in [0.15, 0.2) is 65.6 Å². The van der Waals surface area contributed by atoms with Crippen LogP contribution in [-0.2, 0) is 14.8 Å². The number of aryl methyl sites for hydroxylation is 1. The Labute approximate surface area is 204 Å². The lowest BCUT2D eigenvalue weighted by molar-refractivity contribution is 0.102.